The maximum Gasteiger partial charge on any atom is 0.254 e. The third-order valence-corrected chi connectivity index (χ3v) is 4.19. The summed E-state index contributed by atoms with van der Waals surface area (Å²) in [5.74, 6) is 0.684. The molecule has 0 aliphatic carbocycles. The molecule has 0 bridgehead atoms. The number of anilines is 1. The van der Waals surface area contributed by atoms with Gasteiger partial charge in [0, 0.05) is 10.9 Å². The molecule has 0 saturated carbocycles. The molecule has 3 N–H and O–H groups in total. The second-order valence-electron chi connectivity index (χ2n) is 4.50. The number of nitrogens with one attached hydrogen (secondary N) is 1. The lowest BCUT2D eigenvalue weighted by molar-refractivity contribution is 0.0940. The number of nitrogen functional groups attached to an aromatic ring is 1. The van der Waals surface area contributed by atoms with Gasteiger partial charge in [-0.1, -0.05) is 6.07 Å². The molecule has 1 unspecified atom stereocenters. The number of nitrogens with two attached hydrogens (primary N) is 1. The van der Waals surface area contributed by atoms with Crippen molar-refractivity contribution in [3.05, 3.63) is 40.1 Å². The van der Waals surface area contributed by atoms with E-state index in [1.54, 1.807) is 23.5 Å². The predicted octanol–water partition coefficient (Wildman–Crippen LogP) is 2.84. The highest BCUT2D eigenvalue weighted by molar-refractivity contribution is 7.10. The van der Waals surface area contributed by atoms with Crippen LogP contribution in [0.1, 0.15) is 28.2 Å². The zero-order valence-corrected chi connectivity index (χ0v) is 13.0. The Balaban J connectivity index is 2.26. The van der Waals surface area contributed by atoms with Gasteiger partial charge in [-0.2, -0.15) is 0 Å². The van der Waals surface area contributed by atoms with E-state index in [2.05, 4.69) is 5.32 Å². The standard InChI is InChI=1S/C15H18N2O3S/c1-9(13-5-4-6-21-13)17-15(18)11-7-10(19-2)8-12(20-3)14(11)16/h4-9H,16H2,1-3H3,(H,17,18). The predicted molar refractivity (Wildman–Crippen MR) is 84.2 cm³/mol. The fraction of sp³-hybridized carbons (Fsp3) is 0.267. The van der Waals surface area contributed by atoms with E-state index in [9.17, 15) is 4.79 Å². The van der Waals surface area contributed by atoms with Gasteiger partial charge < -0.3 is 20.5 Å². The van der Waals surface area contributed by atoms with E-state index in [1.807, 2.05) is 24.4 Å². The molecule has 6 heteroatoms. The van der Waals surface area contributed by atoms with Gasteiger partial charge in [-0.05, 0) is 24.4 Å². The molecule has 1 aromatic carbocycles. The molecule has 0 saturated heterocycles. The van der Waals surface area contributed by atoms with Gasteiger partial charge in [0.1, 0.15) is 11.5 Å². The lowest BCUT2D eigenvalue weighted by Crippen LogP contribution is -2.27. The number of ether oxygens (including phenoxy) is 2. The largest absolute Gasteiger partial charge is 0.497 e. The summed E-state index contributed by atoms with van der Waals surface area (Å²) in [6.07, 6.45) is 0. The quantitative estimate of drug-likeness (QED) is 0.833. The molecule has 0 fully saturated rings. The molecular weight excluding hydrogens is 288 g/mol. The molecular formula is C15H18N2O3S. The molecule has 1 amide bonds. The number of hydrogen-bond donors (Lipinski definition) is 2. The van der Waals surface area contributed by atoms with Crippen molar-refractivity contribution >= 4 is 22.9 Å². The molecule has 5 nitrogen and oxygen atoms in total. The Morgan fingerprint density at radius 2 is 2.10 bits per heavy atom. The van der Waals surface area contributed by atoms with E-state index < -0.39 is 0 Å². The molecule has 1 atom stereocenters. The molecule has 0 spiro atoms. The average molecular weight is 306 g/mol. The molecule has 1 aromatic heterocycles. The fourth-order valence-corrected chi connectivity index (χ4v) is 2.69. The fourth-order valence-electron chi connectivity index (χ4n) is 1.96. The smallest absolute Gasteiger partial charge is 0.254 e. The first kappa shape index (κ1) is 15.2. The summed E-state index contributed by atoms with van der Waals surface area (Å²) >= 11 is 1.59. The van der Waals surface area contributed by atoms with Crippen molar-refractivity contribution in [3.63, 3.8) is 0 Å². The van der Waals surface area contributed by atoms with Gasteiger partial charge in [0.05, 0.1) is 31.5 Å². The molecule has 0 aliphatic heterocycles. The van der Waals surface area contributed by atoms with Gasteiger partial charge >= 0.3 is 0 Å². The van der Waals surface area contributed by atoms with Crippen LogP contribution >= 0.6 is 11.3 Å². The van der Waals surface area contributed by atoms with Crippen LogP contribution in [0, 0.1) is 0 Å². The number of hydrogen-bond acceptors (Lipinski definition) is 5. The van der Waals surface area contributed by atoms with Crippen molar-refractivity contribution in [2.45, 2.75) is 13.0 Å². The molecule has 21 heavy (non-hydrogen) atoms. The Labute approximate surface area is 127 Å². The number of methoxy groups -OCH3 is 2. The number of amides is 1. The minimum atomic E-state index is -0.259. The molecule has 1 heterocycles. The van der Waals surface area contributed by atoms with Gasteiger partial charge in [-0.3, -0.25) is 4.79 Å². The van der Waals surface area contributed by atoms with Crippen LogP contribution in [-0.4, -0.2) is 20.1 Å². The molecule has 2 rings (SSSR count). The Kier molecular flexibility index (Phi) is 4.70. The number of benzene rings is 1. The second kappa shape index (κ2) is 6.49. The highest BCUT2D eigenvalue weighted by atomic mass is 32.1. The summed E-state index contributed by atoms with van der Waals surface area (Å²) in [5, 5.41) is 4.90. The maximum absolute atomic E-state index is 12.4. The first-order chi connectivity index (χ1) is 10.1. The van der Waals surface area contributed by atoms with Crippen molar-refractivity contribution in [2.75, 3.05) is 20.0 Å². The van der Waals surface area contributed by atoms with Crippen LogP contribution in [-0.2, 0) is 0 Å². The molecule has 112 valence electrons. The second-order valence-corrected chi connectivity index (χ2v) is 5.48. The lowest BCUT2D eigenvalue weighted by Gasteiger charge is -2.15. The van der Waals surface area contributed by atoms with E-state index in [1.165, 1.54) is 14.2 Å². The zero-order valence-electron chi connectivity index (χ0n) is 12.2. The van der Waals surface area contributed by atoms with Gasteiger partial charge in [0.15, 0.2) is 0 Å². The molecule has 0 radical (unpaired) electrons. The van der Waals surface area contributed by atoms with E-state index in [4.69, 9.17) is 15.2 Å². The van der Waals surface area contributed by atoms with E-state index in [0.717, 1.165) is 4.88 Å². The Bertz CT molecular complexity index is 626. The number of carbonyl (C=O) groups is 1. The van der Waals surface area contributed by atoms with Crippen molar-refractivity contribution in [2.24, 2.45) is 0 Å². The van der Waals surface area contributed by atoms with Crippen molar-refractivity contribution in [3.8, 4) is 11.5 Å². The number of rotatable bonds is 5. The monoisotopic (exact) mass is 306 g/mol. The number of thiophene rings is 1. The van der Waals surface area contributed by atoms with E-state index >= 15 is 0 Å². The average Bonchev–Trinajstić information content (AvgIpc) is 3.01. The Hall–Kier alpha value is -2.21. The Morgan fingerprint density at radius 1 is 1.33 bits per heavy atom. The van der Waals surface area contributed by atoms with Crippen LogP contribution in [0.5, 0.6) is 11.5 Å². The van der Waals surface area contributed by atoms with Crippen molar-refractivity contribution in [1.82, 2.24) is 5.32 Å². The van der Waals surface area contributed by atoms with E-state index in [-0.39, 0.29) is 11.9 Å². The summed E-state index contributed by atoms with van der Waals surface area (Å²) in [4.78, 5) is 13.5. The van der Waals surface area contributed by atoms with Gasteiger partial charge in [-0.25, -0.2) is 0 Å². The molecule has 0 aliphatic rings. The number of carbonyl (C=O) groups excluding carboxylic acids is 1. The highest BCUT2D eigenvalue weighted by Gasteiger charge is 2.18. The van der Waals surface area contributed by atoms with Crippen molar-refractivity contribution < 1.29 is 14.3 Å². The first-order valence-electron chi connectivity index (χ1n) is 6.42. The summed E-state index contributed by atoms with van der Waals surface area (Å²) in [7, 11) is 3.03. The minimum absolute atomic E-state index is 0.0888. The third kappa shape index (κ3) is 3.28. The topological polar surface area (TPSA) is 73.6 Å². The first-order valence-corrected chi connectivity index (χ1v) is 7.30. The van der Waals surface area contributed by atoms with Gasteiger partial charge in [0.2, 0.25) is 0 Å². The summed E-state index contributed by atoms with van der Waals surface area (Å²) in [6, 6.07) is 7.09. The summed E-state index contributed by atoms with van der Waals surface area (Å²) in [5.41, 5.74) is 6.62. The van der Waals surface area contributed by atoms with E-state index in [0.29, 0.717) is 22.7 Å². The third-order valence-electron chi connectivity index (χ3n) is 3.13. The highest BCUT2D eigenvalue weighted by Crippen LogP contribution is 2.31. The summed E-state index contributed by atoms with van der Waals surface area (Å²) < 4.78 is 10.3. The summed E-state index contributed by atoms with van der Waals surface area (Å²) in [6.45, 7) is 1.93. The minimum Gasteiger partial charge on any atom is -0.497 e. The van der Waals surface area contributed by atoms with Gasteiger partial charge in [0.25, 0.3) is 5.91 Å². The van der Waals surface area contributed by atoms with Crippen LogP contribution in [0.3, 0.4) is 0 Å². The maximum atomic E-state index is 12.4. The van der Waals surface area contributed by atoms with Crippen LogP contribution in [0.15, 0.2) is 29.6 Å². The van der Waals surface area contributed by atoms with Gasteiger partial charge in [-0.15, -0.1) is 11.3 Å². The normalized spacial score (nSPS) is 11.8. The Morgan fingerprint density at radius 3 is 2.67 bits per heavy atom. The van der Waals surface area contributed by atoms with Crippen LogP contribution in [0.2, 0.25) is 0 Å². The zero-order chi connectivity index (χ0) is 15.4. The molecule has 2 aromatic rings. The van der Waals surface area contributed by atoms with Crippen LogP contribution in [0.4, 0.5) is 5.69 Å². The van der Waals surface area contributed by atoms with Crippen molar-refractivity contribution in [1.29, 1.82) is 0 Å². The van der Waals surface area contributed by atoms with Crippen LogP contribution < -0.4 is 20.5 Å². The lowest BCUT2D eigenvalue weighted by atomic mass is 10.1. The SMILES string of the molecule is COc1cc(OC)c(N)c(C(=O)NC(C)c2cccs2)c1. The van der Waals surface area contributed by atoms with Crippen LogP contribution in [0.25, 0.3) is 0 Å².